The van der Waals surface area contributed by atoms with Crippen molar-refractivity contribution in [3.05, 3.63) is 130 Å². The summed E-state index contributed by atoms with van der Waals surface area (Å²) in [6.07, 6.45) is 18.6. The van der Waals surface area contributed by atoms with E-state index in [2.05, 4.69) is 70.1 Å². The SMILES string of the molecule is C1CCC(CC2CCCCC2)CC1.CC.CN1C(=O)C2C3CC(C2C1=O)C1C(=O)N(C)C(=O)C31.CN1C(=O)c2ccc(-c3ccc4c(c3)C(=O)N(C)C4=O)cc2C1=O.COC.COC.c1ccc(Cc2ccccc2)cc1. The Labute approximate surface area is 455 Å². The zero-order chi connectivity index (χ0) is 56.1. The lowest BCUT2D eigenvalue weighted by Crippen LogP contribution is -2.37. The molecule has 4 unspecified atom stereocenters. The molecule has 0 spiro atoms. The predicted octanol–water partition coefficient (Wildman–Crippen LogP) is 10.3. The third kappa shape index (κ3) is 13.0. The second kappa shape index (κ2) is 27.6. The second-order valence-corrected chi connectivity index (χ2v) is 21.2. The van der Waals surface area contributed by atoms with Gasteiger partial charge in [-0.05, 0) is 89.5 Å². The van der Waals surface area contributed by atoms with Gasteiger partial charge in [0.2, 0.25) is 23.6 Å². The molecule has 4 aliphatic carbocycles. The first-order valence-corrected chi connectivity index (χ1v) is 27.5. The maximum atomic E-state index is 12.1. The number of likely N-dealkylation sites (tertiary alicyclic amines) is 2. The fourth-order valence-electron chi connectivity index (χ4n) is 12.7. The highest BCUT2D eigenvalue weighted by Crippen LogP contribution is 2.63. The average molecular weight is 1050 g/mol. The van der Waals surface area contributed by atoms with Gasteiger partial charge >= 0.3 is 0 Å². The van der Waals surface area contributed by atoms with Crippen LogP contribution in [0.2, 0.25) is 0 Å². The van der Waals surface area contributed by atoms with E-state index in [-0.39, 0.29) is 82.8 Å². The van der Waals surface area contributed by atoms with Crippen molar-refractivity contribution in [1.29, 1.82) is 0 Å². The van der Waals surface area contributed by atoms with Crippen molar-refractivity contribution in [2.45, 2.75) is 97.3 Å². The number of nitrogens with zero attached hydrogens (tertiary/aromatic N) is 4. The quantitative estimate of drug-likeness (QED) is 0.175. The number of hydrogen-bond acceptors (Lipinski definition) is 10. The van der Waals surface area contributed by atoms with E-state index < -0.39 is 0 Å². The summed E-state index contributed by atoms with van der Waals surface area (Å²) in [5.41, 5.74) is 5.60. The predicted molar refractivity (Wildman–Crippen MR) is 297 cm³/mol. The summed E-state index contributed by atoms with van der Waals surface area (Å²) in [5.74, 6) is -1.49. The molecule has 4 atom stereocenters. The van der Waals surface area contributed by atoms with Crippen LogP contribution in [-0.4, -0.2) is 123 Å². The minimum atomic E-state index is -0.369. The number of benzene rings is 4. The molecule has 8 aliphatic rings. The number of methoxy groups -OCH3 is 2. The minimum Gasteiger partial charge on any atom is -0.388 e. The normalized spacial score (nSPS) is 23.6. The van der Waals surface area contributed by atoms with E-state index in [0.717, 1.165) is 28.1 Å². The fourth-order valence-corrected chi connectivity index (χ4v) is 12.7. The third-order valence-corrected chi connectivity index (χ3v) is 16.3. The number of carbonyl (C=O) groups is 8. The van der Waals surface area contributed by atoms with Crippen molar-refractivity contribution in [2.24, 2.45) is 47.3 Å². The third-order valence-electron chi connectivity index (χ3n) is 16.3. The Bertz CT molecular complexity index is 2510. The molecular formula is C63H80N4O10. The van der Waals surface area contributed by atoms with Crippen molar-refractivity contribution in [2.75, 3.05) is 56.6 Å². The molecule has 4 saturated carbocycles. The minimum absolute atomic E-state index is 0.122. The molecule has 4 heterocycles. The van der Waals surface area contributed by atoms with Crippen molar-refractivity contribution < 1.29 is 47.8 Å². The number of carbonyl (C=O) groups excluding carboxylic acids is 8. The van der Waals surface area contributed by atoms with Gasteiger partial charge in [-0.3, -0.25) is 58.0 Å². The van der Waals surface area contributed by atoms with Gasteiger partial charge in [-0.1, -0.05) is 151 Å². The van der Waals surface area contributed by atoms with Gasteiger partial charge in [0.1, 0.15) is 0 Å². The van der Waals surface area contributed by atoms with E-state index in [9.17, 15) is 38.4 Å². The van der Waals surface area contributed by atoms with Crippen LogP contribution in [0.4, 0.5) is 0 Å². The number of amides is 8. The molecular weight excluding hydrogens is 973 g/mol. The number of ether oxygens (including phenoxy) is 2. The lowest BCUT2D eigenvalue weighted by Gasteiger charge is -2.28. The molecule has 12 rings (SSSR count). The first kappa shape index (κ1) is 59.6. The molecule has 412 valence electrons. The molecule has 14 heteroatoms. The summed E-state index contributed by atoms with van der Waals surface area (Å²) in [4.78, 5) is 101. The van der Waals surface area contributed by atoms with E-state index >= 15 is 0 Å². The largest absolute Gasteiger partial charge is 0.388 e. The van der Waals surface area contributed by atoms with Gasteiger partial charge in [0.05, 0.1) is 45.9 Å². The molecule has 4 aliphatic heterocycles. The Balaban J connectivity index is 0.000000163. The first-order valence-electron chi connectivity index (χ1n) is 27.5. The van der Waals surface area contributed by atoms with Gasteiger partial charge in [0.25, 0.3) is 23.6 Å². The van der Waals surface area contributed by atoms with Crippen LogP contribution >= 0.6 is 0 Å². The smallest absolute Gasteiger partial charge is 0.261 e. The standard InChI is InChI=1S/C18H12N2O4.C13H14N2O4.C13H24.C13H12.2C2H6O.C2H6/c1-19-15(21)11-5-3-9(7-13(11)17(19)23)10-4-6-12-14(8-10)18(24)20(2)16(12)22;1-14-10(16)6-4-3-5(7(6)11(14)17)9-8(4)12(18)15(2)13(9)19;2*1-3-7-12(8-4-1)11-13-9-5-2-6-10-13;2*1-3-2;1-2/h3-8H,1-2H3;4-9H,3H2,1-2H3;12-13H,1-11H2;1-10H,11H2;2*1-2H3;1-2H3. The van der Waals surface area contributed by atoms with Gasteiger partial charge < -0.3 is 9.47 Å². The summed E-state index contributed by atoms with van der Waals surface area (Å²) in [5, 5.41) is 0. The highest BCUT2D eigenvalue weighted by molar-refractivity contribution is 6.23. The molecule has 14 nitrogen and oxygen atoms in total. The van der Waals surface area contributed by atoms with Crippen LogP contribution in [0.3, 0.4) is 0 Å². The molecule has 8 amide bonds. The average Bonchev–Trinajstić information content (AvgIpc) is 4.24. The van der Waals surface area contributed by atoms with Crippen molar-refractivity contribution in [1.82, 2.24) is 19.6 Å². The van der Waals surface area contributed by atoms with Gasteiger partial charge in [-0.15, -0.1) is 0 Å². The lowest BCUT2D eigenvalue weighted by atomic mass is 9.70. The van der Waals surface area contributed by atoms with Crippen LogP contribution in [0, 0.1) is 47.3 Å². The van der Waals surface area contributed by atoms with E-state index in [1.807, 2.05) is 13.8 Å². The highest BCUT2D eigenvalue weighted by Gasteiger charge is 2.72. The second-order valence-electron chi connectivity index (χ2n) is 21.2. The van der Waals surface area contributed by atoms with Crippen LogP contribution in [0.15, 0.2) is 97.1 Å². The van der Waals surface area contributed by atoms with E-state index in [1.54, 1.807) is 96.9 Å². The van der Waals surface area contributed by atoms with Crippen LogP contribution in [0.1, 0.15) is 143 Å². The van der Waals surface area contributed by atoms with Crippen molar-refractivity contribution in [3.8, 4) is 11.1 Å². The monoisotopic (exact) mass is 1050 g/mol. The van der Waals surface area contributed by atoms with Crippen molar-refractivity contribution in [3.63, 3.8) is 0 Å². The highest BCUT2D eigenvalue weighted by atomic mass is 16.5. The van der Waals surface area contributed by atoms with E-state index in [1.165, 1.54) is 87.6 Å². The van der Waals surface area contributed by atoms with Crippen LogP contribution in [0.5, 0.6) is 0 Å². The summed E-state index contributed by atoms with van der Waals surface area (Å²) in [6, 6.07) is 31.0. The van der Waals surface area contributed by atoms with Gasteiger partial charge in [0, 0.05) is 56.6 Å². The summed E-state index contributed by atoms with van der Waals surface area (Å²) in [7, 11) is 12.4. The number of fused-ring (bicyclic) bond motifs is 10. The molecule has 6 fully saturated rings. The molecule has 0 N–H and O–H groups in total. The Kier molecular flexibility index (Phi) is 21.4. The molecule has 0 aromatic heterocycles. The molecule has 2 saturated heterocycles. The molecule has 0 radical (unpaired) electrons. The first-order chi connectivity index (χ1) is 37.1. The Morgan fingerprint density at radius 3 is 1.01 bits per heavy atom. The topological polar surface area (TPSA) is 168 Å². The summed E-state index contributed by atoms with van der Waals surface area (Å²) < 4.78 is 8.50. The maximum absolute atomic E-state index is 12.1. The number of rotatable bonds is 5. The Morgan fingerprint density at radius 1 is 0.403 bits per heavy atom. The van der Waals surface area contributed by atoms with Gasteiger partial charge in [-0.2, -0.15) is 0 Å². The Morgan fingerprint density at radius 2 is 0.701 bits per heavy atom. The molecule has 4 aromatic rings. The zero-order valence-corrected chi connectivity index (χ0v) is 46.9. The lowest BCUT2D eigenvalue weighted by molar-refractivity contribution is -0.139. The summed E-state index contributed by atoms with van der Waals surface area (Å²) in [6.45, 7) is 4.00. The van der Waals surface area contributed by atoms with Crippen LogP contribution < -0.4 is 0 Å². The van der Waals surface area contributed by atoms with Gasteiger partial charge in [-0.25, -0.2) is 0 Å². The molecule has 4 aromatic carbocycles. The zero-order valence-electron chi connectivity index (χ0n) is 46.9. The van der Waals surface area contributed by atoms with Crippen LogP contribution in [0.25, 0.3) is 11.1 Å². The summed E-state index contributed by atoms with van der Waals surface area (Å²) >= 11 is 0. The molecule has 2 bridgehead atoms. The van der Waals surface area contributed by atoms with Crippen LogP contribution in [-0.2, 0) is 35.1 Å². The fraction of sp³-hybridized carbons (Fsp3) is 0.492. The van der Waals surface area contributed by atoms with Gasteiger partial charge in [0.15, 0.2) is 0 Å². The maximum Gasteiger partial charge on any atom is 0.261 e. The number of hydrogen-bond donors (Lipinski definition) is 0. The molecule has 77 heavy (non-hydrogen) atoms. The van der Waals surface area contributed by atoms with Crippen molar-refractivity contribution >= 4 is 47.3 Å². The number of imide groups is 4. The van der Waals surface area contributed by atoms with E-state index in [0.29, 0.717) is 39.8 Å². The van der Waals surface area contributed by atoms with E-state index in [4.69, 9.17) is 0 Å². The Hall–Kier alpha value is -6.64.